The first-order chi connectivity index (χ1) is 7.72. The number of likely N-dealkylation sites (tertiary alicyclic amines) is 1. The van der Waals surface area contributed by atoms with Gasteiger partial charge in [-0.15, -0.1) is 0 Å². The zero-order valence-electron chi connectivity index (χ0n) is 9.45. The van der Waals surface area contributed by atoms with Crippen molar-refractivity contribution >= 4 is 11.8 Å². The Morgan fingerprint density at radius 3 is 2.81 bits per heavy atom. The van der Waals surface area contributed by atoms with Gasteiger partial charge in [-0.3, -0.25) is 19.8 Å². The lowest BCUT2D eigenvalue weighted by Gasteiger charge is -2.38. The van der Waals surface area contributed by atoms with E-state index in [1.807, 2.05) is 0 Å². The van der Waals surface area contributed by atoms with Crippen LogP contribution in [0.15, 0.2) is 0 Å². The molecule has 2 fully saturated rings. The Bertz CT molecular complexity index is 291. The summed E-state index contributed by atoms with van der Waals surface area (Å²) in [5, 5.41) is 2.38. The van der Waals surface area contributed by atoms with Crippen LogP contribution in [0.4, 0.5) is 0 Å². The Hall–Kier alpha value is -0.940. The average Bonchev–Trinajstić information content (AvgIpc) is 2.59. The molecule has 2 aliphatic rings. The summed E-state index contributed by atoms with van der Waals surface area (Å²) in [6, 6.07) is 0.129. The van der Waals surface area contributed by atoms with Crippen molar-refractivity contribution in [3.8, 4) is 0 Å². The maximum absolute atomic E-state index is 11.6. The van der Waals surface area contributed by atoms with E-state index in [1.54, 1.807) is 0 Å². The molecule has 5 nitrogen and oxygen atoms in total. The summed E-state index contributed by atoms with van der Waals surface area (Å²) in [6.45, 7) is 1.56. The largest absolute Gasteiger partial charge is 0.330 e. The fraction of sp³-hybridized carbons (Fsp3) is 0.818. The third kappa shape index (κ3) is 2.25. The van der Waals surface area contributed by atoms with Crippen LogP contribution in [-0.2, 0) is 9.59 Å². The molecule has 2 unspecified atom stereocenters. The van der Waals surface area contributed by atoms with Gasteiger partial charge in [0.15, 0.2) is 0 Å². The molecule has 2 rings (SSSR count). The molecule has 90 valence electrons. The van der Waals surface area contributed by atoms with Gasteiger partial charge in [0.2, 0.25) is 11.8 Å². The molecule has 2 aliphatic heterocycles. The highest BCUT2D eigenvalue weighted by Gasteiger charge is 2.38. The molecule has 0 aliphatic carbocycles. The molecule has 0 radical (unpaired) electrons. The minimum Gasteiger partial charge on any atom is -0.330 e. The summed E-state index contributed by atoms with van der Waals surface area (Å²) in [4.78, 5) is 25.0. The molecule has 2 heterocycles. The van der Waals surface area contributed by atoms with E-state index in [9.17, 15) is 9.59 Å². The number of amides is 2. The SMILES string of the molecule is NCCC1CCCCN1C1CC(=O)NC1=O. The maximum Gasteiger partial charge on any atom is 0.244 e. The van der Waals surface area contributed by atoms with Crippen LogP contribution in [0.1, 0.15) is 32.1 Å². The van der Waals surface area contributed by atoms with Gasteiger partial charge in [0.1, 0.15) is 0 Å². The van der Waals surface area contributed by atoms with Crippen LogP contribution >= 0.6 is 0 Å². The van der Waals surface area contributed by atoms with E-state index in [1.165, 1.54) is 6.42 Å². The number of hydrogen-bond acceptors (Lipinski definition) is 4. The molecular formula is C11H19N3O2. The van der Waals surface area contributed by atoms with E-state index in [4.69, 9.17) is 5.73 Å². The molecule has 0 saturated carbocycles. The van der Waals surface area contributed by atoms with Gasteiger partial charge in [-0.25, -0.2) is 0 Å². The lowest BCUT2D eigenvalue weighted by Crippen LogP contribution is -2.49. The van der Waals surface area contributed by atoms with Gasteiger partial charge in [-0.2, -0.15) is 0 Å². The van der Waals surface area contributed by atoms with E-state index in [0.717, 1.165) is 25.8 Å². The lowest BCUT2D eigenvalue weighted by molar-refractivity contribution is -0.127. The molecule has 2 amide bonds. The third-order valence-corrected chi connectivity index (χ3v) is 3.52. The normalized spacial score (nSPS) is 31.8. The van der Waals surface area contributed by atoms with Crippen molar-refractivity contribution in [2.24, 2.45) is 5.73 Å². The molecule has 0 aromatic carbocycles. The molecule has 2 atom stereocenters. The van der Waals surface area contributed by atoms with Gasteiger partial charge >= 0.3 is 0 Å². The zero-order valence-corrected chi connectivity index (χ0v) is 9.45. The minimum absolute atomic E-state index is 0.131. The van der Waals surface area contributed by atoms with Crippen molar-refractivity contribution in [3.63, 3.8) is 0 Å². The summed E-state index contributed by atoms with van der Waals surface area (Å²) in [6.07, 6.45) is 4.63. The molecule has 3 N–H and O–H groups in total. The quantitative estimate of drug-likeness (QED) is 0.641. The van der Waals surface area contributed by atoms with Crippen molar-refractivity contribution in [2.45, 2.75) is 44.2 Å². The highest BCUT2D eigenvalue weighted by Crippen LogP contribution is 2.24. The number of carbonyl (C=O) groups excluding carboxylic acids is 2. The predicted molar refractivity (Wildman–Crippen MR) is 59.6 cm³/mol. The number of nitrogens with one attached hydrogen (secondary N) is 1. The molecular weight excluding hydrogens is 206 g/mol. The minimum atomic E-state index is -0.246. The second-order valence-corrected chi connectivity index (χ2v) is 4.60. The predicted octanol–water partition coefficient (Wildman–Crippen LogP) is -0.395. The molecule has 2 saturated heterocycles. The molecule has 16 heavy (non-hydrogen) atoms. The molecule has 5 heteroatoms. The summed E-state index contributed by atoms with van der Waals surface area (Å²) in [5.74, 6) is -0.277. The van der Waals surface area contributed by atoms with E-state index in [0.29, 0.717) is 19.0 Å². The number of hydrogen-bond donors (Lipinski definition) is 2. The van der Waals surface area contributed by atoms with Crippen molar-refractivity contribution in [1.29, 1.82) is 0 Å². The molecule has 0 spiro atoms. The smallest absolute Gasteiger partial charge is 0.244 e. The average molecular weight is 225 g/mol. The lowest BCUT2D eigenvalue weighted by atomic mass is 9.96. The van der Waals surface area contributed by atoms with Crippen LogP contribution in [0.2, 0.25) is 0 Å². The van der Waals surface area contributed by atoms with Gasteiger partial charge in [0.25, 0.3) is 0 Å². The Morgan fingerprint density at radius 2 is 2.19 bits per heavy atom. The number of nitrogens with zero attached hydrogens (tertiary/aromatic N) is 1. The monoisotopic (exact) mass is 225 g/mol. The van der Waals surface area contributed by atoms with Gasteiger partial charge < -0.3 is 5.73 Å². The van der Waals surface area contributed by atoms with E-state index >= 15 is 0 Å². The Labute approximate surface area is 95.3 Å². The van der Waals surface area contributed by atoms with Crippen LogP contribution < -0.4 is 11.1 Å². The van der Waals surface area contributed by atoms with Crippen LogP contribution in [0.5, 0.6) is 0 Å². The topological polar surface area (TPSA) is 75.4 Å². The van der Waals surface area contributed by atoms with E-state index < -0.39 is 0 Å². The summed E-state index contributed by atoms with van der Waals surface area (Å²) in [5.41, 5.74) is 5.59. The van der Waals surface area contributed by atoms with Crippen molar-refractivity contribution in [3.05, 3.63) is 0 Å². The van der Waals surface area contributed by atoms with E-state index in [2.05, 4.69) is 10.2 Å². The number of nitrogens with two attached hydrogens (primary N) is 1. The van der Waals surface area contributed by atoms with Gasteiger partial charge in [0, 0.05) is 6.04 Å². The zero-order chi connectivity index (χ0) is 11.5. The maximum atomic E-state index is 11.6. The number of carbonyl (C=O) groups is 2. The van der Waals surface area contributed by atoms with Crippen molar-refractivity contribution in [2.75, 3.05) is 13.1 Å². The summed E-state index contributed by atoms with van der Waals surface area (Å²) in [7, 11) is 0. The number of piperidine rings is 1. The summed E-state index contributed by atoms with van der Waals surface area (Å²) < 4.78 is 0. The first-order valence-electron chi connectivity index (χ1n) is 6.02. The fourth-order valence-electron chi connectivity index (χ4n) is 2.74. The second-order valence-electron chi connectivity index (χ2n) is 4.60. The van der Waals surface area contributed by atoms with Gasteiger partial charge in [-0.1, -0.05) is 6.42 Å². The first-order valence-corrected chi connectivity index (χ1v) is 6.02. The standard InChI is InChI=1S/C11H19N3O2/c12-5-4-8-3-1-2-6-14(8)9-7-10(15)13-11(9)16/h8-9H,1-7,12H2,(H,13,15,16). The number of rotatable bonds is 3. The van der Waals surface area contributed by atoms with Crippen molar-refractivity contribution in [1.82, 2.24) is 10.2 Å². The Balaban J connectivity index is 2.04. The number of imide groups is 1. The van der Waals surface area contributed by atoms with Gasteiger partial charge in [0.05, 0.1) is 12.5 Å². The Morgan fingerprint density at radius 1 is 1.38 bits per heavy atom. The molecule has 0 bridgehead atoms. The Kier molecular flexibility index (Phi) is 3.56. The van der Waals surface area contributed by atoms with Crippen LogP contribution in [0.25, 0.3) is 0 Å². The van der Waals surface area contributed by atoms with Gasteiger partial charge in [-0.05, 0) is 32.4 Å². The van der Waals surface area contributed by atoms with Crippen LogP contribution in [-0.4, -0.2) is 41.9 Å². The molecule has 0 aromatic heterocycles. The third-order valence-electron chi connectivity index (χ3n) is 3.52. The fourth-order valence-corrected chi connectivity index (χ4v) is 2.74. The van der Waals surface area contributed by atoms with E-state index in [-0.39, 0.29) is 17.9 Å². The van der Waals surface area contributed by atoms with Crippen molar-refractivity contribution < 1.29 is 9.59 Å². The highest BCUT2D eigenvalue weighted by atomic mass is 16.2. The first kappa shape index (κ1) is 11.5. The van der Waals surface area contributed by atoms with Crippen LogP contribution in [0, 0.1) is 0 Å². The summed E-state index contributed by atoms with van der Waals surface area (Å²) >= 11 is 0. The second kappa shape index (κ2) is 4.93. The van der Waals surface area contributed by atoms with Crippen LogP contribution in [0.3, 0.4) is 0 Å². The molecule has 0 aromatic rings. The highest BCUT2D eigenvalue weighted by molar-refractivity contribution is 6.05.